The van der Waals surface area contributed by atoms with Crippen molar-refractivity contribution in [2.45, 2.75) is 32.3 Å². The molecule has 0 aliphatic carbocycles. The number of esters is 1. The predicted octanol–water partition coefficient (Wildman–Crippen LogP) is 3.98. The van der Waals surface area contributed by atoms with Gasteiger partial charge in [-0.05, 0) is 38.0 Å². The Morgan fingerprint density at radius 3 is 2.79 bits per heavy atom. The molecule has 0 saturated heterocycles. The Kier molecular flexibility index (Phi) is 6.41. The summed E-state index contributed by atoms with van der Waals surface area (Å²) in [7, 11) is 1.58. The van der Waals surface area contributed by atoms with Crippen LogP contribution >= 0.6 is 23.1 Å². The lowest BCUT2D eigenvalue weighted by Crippen LogP contribution is -2.22. The van der Waals surface area contributed by atoms with E-state index in [4.69, 9.17) is 14.5 Å². The van der Waals surface area contributed by atoms with Crippen molar-refractivity contribution in [2.75, 3.05) is 19.5 Å². The minimum absolute atomic E-state index is 0.0841. The molecule has 0 N–H and O–H groups in total. The lowest BCUT2D eigenvalue weighted by Gasteiger charge is -2.13. The summed E-state index contributed by atoms with van der Waals surface area (Å²) >= 11 is 2.73. The summed E-state index contributed by atoms with van der Waals surface area (Å²) in [4.78, 5) is 31.8. The fourth-order valence-electron chi connectivity index (χ4n) is 2.95. The summed E-state index contributed by atoms with van der Waals surface area (Å²) in [6.07, 6.45) is 0.844. The van der Waals surface area contributed by atoms with Crippen LogP contribution in [-0.4, -0.2) is 35.0 Å². The van der Waals surface area contributed by atoms with Crippen LogP contribution in [-0.2, 0) is 16.0 Å². The van der Waals surface area contributed by atoms with Gasteiger partial charge >= 0.3 is 5.97 Å². The molecule has 0 amide bonds. The Labute approximate surface area is 171 Å². The fourth-order valence-corrected chi connectivity index (χ4v) is 4.92. The highest BCUT2D eigenvalue weighted by molar-refractivity contribution is 7.99. The zero-order chi connectivity index (χ0) is 20.3. The largest absolute Gasteiger partial charge is 0.497 e. The molecule has 8 heteroatoms. The molecule has 6 nitrogen and oxygen atoms in total. The van der Waals surface area contributed by atoms with Crippen LogP contribution in [0.1, 0.15) is 24.3 Å². The van der Waals surface area contributed by atoms with Gasteiger partial charge in [0.25, 0.3) is 5.56 Å². The first-order valence-electron chi connectivity index (χ1n) is 8.98. The van der Waals surface area contributed by atoms with Gasteiger partial charge in [-0.15, -0.1) is 11.3 Å². The second-order valence-corrected chi connectivity index (χ2v) is 8.04. The van der Waals surface area contributed by atoms with Gasteiger partial charge in [-0.1, -0.05) is 24.8 Å². The summed E-state index contributed by atoms with van der Waals surface area (Å²) in [5.74, 6) is 0.388. The van der Waals surface area contributed by atoms with E-state index in [0.717, 1.165) is 16.9 Å². The average Bonchev–Trinajstić information content (AvgIpc) is 3.02. The third kappa shape index (κ3) is 3.93. The minimum atomic E-state index is -0.337. The number of aromatic nitrogens is 2. The first kappa shape index (κ1) is 20.4. The van der Waals surface area contributed by atoms with Crippen molar-refractivity contribution in [3.8, 4) is 11.4 Å². The molecule has 0 saturated carbocycles. The van der Waals surface area contributed by atoms with E-state index in [-0.39, 0.29) is 17.3 Å². The Morgan fingerprint density at radius 1 is 1.32 bits per heavy atom. The number of thiophene rings is 1. The molecule has 0 atom stereocenters. The summed E-state index contributed by atoms with van der Waals surface area (Å²) in [5.41, 5.74) is 1.48. The quantitative estimate of drug-likeness (QED) is 0.328. The van der Waals surface area contributed by atoms with Gasteiger partial charge in [-0.2, -0.15) is 0 Å². The third-order valence-corrected chi connectivity index (χ3v) is 6.53. The zero-order valence-corrected chi connectivity index (χ0v) is 17.9. The number of carbonyl (C=O) groups is 1. The number of rotatable bonds is 7. The van der Waals surface area contributed by atoms with Gasteiger partial charge in [0, 0.05) is 10.9 Å². The Balaban J connectivity index is 2.20. The number of hydrogen-bond acceptors (Lipinski definition) is 7. The summed E-state index contributed by atoms with van der Waals surface area (Å²) in [5, 5.41) is 1.09. The van der Waals surface area contributed by atoms with E-state index in [1.807, 2.05) is 25.1 Å². The van der Waals surface area contributed by atoms with Crippen LogP contribution in [0, 0.1) is 6.92 Å². The predicted molar refractivity (Wildman–Crippen MR) is 113 cm³/mol. The number of benzene rings is 1. The van der Waals surface area contributed by atoms with E-state index < -0.39 is 0 Å². The van der Waals surface area contributed by atoms with E-state index in [0.29, 0.717) is 33.4 Å². The van der Waals surface area contributed by atoms with E-state index in [1.54, 1.807) is 24.7 Å². The van der Waals surface area contributed by atoms with Crippen LogP contribution in [0.4, 0.5) is 0 Å². The van der Waals surface area contributed by atoms with Crippen LogP contribution in [0.25, 0.3) is 15.9 Å². The molecule has 2 heterocycles. The number of nitrogens with zero attached hydrogens (tertiary/aromatic N) is 2. The first-order valence-corrected chi connectivity index (χ1v) is 10.8. The zero-order valence-electron chi connectivity index (χ0n) is 16.3. The van der Waals surface area contributed by atoms with E-state index in [2.05, 4.69) is 6.92 Å². The molecule has 3 rings (SSSR count). The summed E-state index contributed by atoms with van der Waals surface area (Å²) in [6.45, 7) is 6.11. The summed E-state index contributed by atoms with van der Waals surface area (Å²) in [6, 6.07) is 7.25. The number of aryl methyl sites for hydroxylation is 2. The number of ether oxygens (including phenoxy) is 2. The number of hydrogen-bond donors (Lipinski definition) is 0. The van der Waals surface area contributed by atoms with Crippen LogP contribution in [0.3, 0.4) is 0 Å². The van der Waals surface area contributed by atoms with Crippen LogP contribution in [0.5, 0.6) is 5.75 Å². The lowest BCUT2D eigenvalue weighted by atomic mass is 10.2. The van der Waals surface area contributed by atoms with Gasteiger partial charge in [0.1, 0.15) is 10.6 Å². The molecule has 0 radical (unpaired) electrons. The van der Waals surface area contributed by atoms with Crippen molar-refractivity contribution < 1.29 is 14.3 Å². The van der Waals surface area contributed by atoms with Crippen molar-refractivity contribution in [3.05, 3.63) is 45.1 Å². The normalized spacial score (nSPS) is 11.0. The molecule has 148 valence electrons. The molecule has 0 unspecified atom stereocenters. The fraction of sp³-hybridized carbons (Fsp3) is 0.350. The van der Waals surface area contributed by atoms with Crippen LogP contribution in [0.15, 0.2) is 34.2 Å². The standard InChI is InChI=1S/C20H22N2O4S2/c1-5-15-12(3)17-18(28-15)21-20(27-11-16(23)26-6-2)22(19(17)24)13-8-7-9-14(10-13)25-4/h7-10H,5-6,11H2,1-4H3. The van der Waals surface area contributed by atoms with E-state index in [1.165, 1.54) is 23.1 Å². The molecule has 0 aliphatic rings. The smallest absolute Gasteiger partial charge is 0.316 e. The monoisotopic (exact) mass is 418 g/mol. The Bertz CT molecular complexity index is 1070. The highest BCUT2D eigenvalue weighted by atomic mass is 32.2. The highest BCUT2D eigenvalue weighted by Crippen LogP contribution is 2.31. The second-order valence-electron chi connectivity index (χ2n) is 6.01. The Morgan fingerprint density at radius 2 is 2.11 bits per heavy atom. The molecule has 1 aromatic carbocycles. The maximum absolute atomic E-state index is 13.4. The molecular formula is C20H22N2O4S2. The first-order chi connectivity index (χ1) is 13.5. The van der Waals surface area contributed by atoms with Crippen molar-refractivity contribution >= 4 is 39.3 Å². The summed E-state index contributed by atoms with van der Waals surface area (Å²) < 4.78 is 11.9. The van der Waals surface area contributed by atoms with Crippen molar-refractivity contribution in [1.29, 1.82) is 0 Å². The molecule has 28 heavy (non-hydrogen) atoms. The SMILES string of the molecule is CCOC(=O)CSc1nc2sc(CC)c(C)c2c(=O)n1-c1cccc(OC)c1. The average molecular weight is 419 g/mol. The topological polar surface area (TPSA) is 70.4 Å². The van der Waals surface area contributed by atoms with Gasteiger partial charge in [0.2, 0.25) is 0 Å². The van der Waals surface area contributed by atoms with Gasteiger partial charge in [-0.3, -0.25) is 14.2 Å². The number of methoxy groups -OCH3 is 1. The lowest BCUT2D eigenvalue weighted by molar-refractivity contribution is -0.139. The van der Waals surface area contributed by atoms with Crippen molar-refractivity contribution in [2.24, 2.45) is 0 Å². The third-order valence-electron chi connectivity index (χ3n) is 4.29. The van der Waals surface area contributed by atoms with Gasteiger partial charge in [0.15, 0.2) is 5.16 Å². The van der Waals surface area contributed by atoms with Gasteiger partial charge in [0.05, 0.1) is 30.5 Å². The van der Waals surface area contributed by atoms with Crippen molar-refractivity contribution in [1.82, 2.24) is 9.55 Å². The second kappa shape index (κ2) is 8.79. The number of fused-ring (bicyclic) bond motifs is 1. The molecular weight excluding hydrogens is 396 g/mol. The number of thioether (sulfide) groups is 1. The molecule has 0 aliphatic heterocycles. The maximum Gasteiger partial charge on any atom is 0.316 e. The maximum atomic E-state index is 13.4. The molecule has 3 aromatic rings. The van der Waals surface area contributed by atoms with E-state index >= 15 is 0 Å². The Hall–Kier alpha value is -2.32. The van der Waals surface area contributed by atoms with Crippen LogP contribution in [0.2, 0.25) is 0 Å². The number of carbonyl (C=O) groups excluding carboxylic acids is 1. The highest BCUT2D eigenvalue weighted by Gasteiger charge is 2.20. The van der Waals surface area contributed by atoms with Gasteiger partial charge < -0.3 is 9.47 Å². The molecule has 0 spiro atoms. The van der Waals surface area contributed by atoms with Crippen LogP contribution < -0.4 is 10.3 Å². The van der Waals surface area contributed by atoms with E-state index in [9.17, 15) is 9.59 Å². The molecule has 0 bridgehead atoms. The molecule has 0 fully saturated rings. The van der Waals surface area contributed by atoms with Gasteiger partial charge in [-0.25, -0.2) is 4.98 Å². The molecule has 2 aromatic heterocycles. The minimum Gasteiger partial charge on any atom is -0.497 e. The van der Waals surface area contributed by atoms with Crippen molar-refractivity contribution in [3.63, 3.8) is 0 Å².